The second-order valence-electron chi connectivity index (χ2n) is 9.66. The van der Waals surface area contributed by atoms with Crippen molar-refractivity contribution >= 4 is 29.7 Å². The third-order valence-electron chi connectivity index (χ3n) is 4.29. The maximum Gasteiger partial charge on any atom is 0.408 e. The van der Waals surface area contributed by atoms with Crippen LogP contribution in [0.1, 0.15) is 59.6 Å². The van der Waals surface area contributed by atoms with E-state index < -0.39 is 35.2 Å². The fourth-order valence-corrected chi connectivity index (χ4v) is 3.43. The van der Waals surface area contributed by atoms with Gasteiger partial charge < -0.3 is 25.4 Å². The first-order valence-corrected chi connectivity index (χ1v) is 11.9. The lowest BCUT2D eigenvalue weighted by atomic mass is 10.0. The van der Waals surface area contributed by atoms with Gasteiger partial charge in [-0.2, -0.15) is 11.8 Å². The Balaban J connectivity index is 3.22. The molecule has 1 aromatic rings. The van der Waals surface area contributed by atoms with Gasteiger partial charge in [0.25, 0.3) is 0 Å². The Morgan fingerprint density at radius 1 is 1.09 bits per heavy atom. The summed E-state index contributed by atoms with van der Waals surface area (Å²) < 4.78 is 5.32. The molecule has 9 heteroatoms. The summed E-state index contributed by atoms with van der Waals surface area (Å²) in [7, 11) is 1.53. The molecule has 0 saturated heterocycles. The first-order chi connectivity index (χ1) is 14.6. The van der Waals surface area contributed by atoms with E-state index in [9.17, 15) is 19.5 Å². The molecular formula is C23H37N3O5S. The summed E-state index contributed by atoms with van der Waals surface area (Å²) in [6, 6.07) is 4.34. The van der Waals surface area contributed by atoms with E-state index in [0.29, 0.717) is 17.7 Å². The van der Waals surface area contributed by atoms with Crippen molar-refractivity contribution in [3.8, 4) is 5.75 Å². The van der Waals surface area contributed by atoms with Gasteiger partial charge in [-0.3, -0.25) is 9.59 Å². The fraction of sp³-hybridized carbons (Fsp3) is 0.609. The number of benzene rings is 1. The average molecular weight is 468 g/mol. The zero-order valence-corrected chi connectivity index (χ0v) is 21.1. The lowest BCUT2D eigenvalue weighted by Crippen LogP contribution is -2.53. The summed E-state index contributed by atoms with van der Waals surface area (Å²) in [4.78, 5) is 40.2. The van der Waals surface area contributed by atoms with Crippen LogP contribution in [0.15, 0.2) is 24.3 Å². The number of nitrogens with one attached hydrogen (secondary N) is 2. The van der Waals surface area contributed by atoms with Gasteiger partial charge in [-0.1, -0.05) is 12.1 Å². The molecule has 0 aliphatic heterocycles. The molecule has 8 nitrogen and oxygen atoms in total. The van der Waals surface area contributed by atoms with Crippen molar-refractivity contribution < 1.29 is 24.2 Å². The number of hydrogen-bond donors (Lipinski definition) is 3. The Morgan fingerprint density at radius 2 is 1.66 bits per heavy atom. The number of rotatable bonds is 8. The minimum atomic E-state index is -0.945. The van der Waals surface area contributed by atoms with Gasteiger partial charge >= 0.3 is 6.09 Å². The molecule has 32 heavy (non-hydrogen) atoms. The topological polar surface area (TPSA) is 108 Å². The van der Waals surface area contributed by atoms with Crippen LogP contribution in [0.4, 0.5) is 4.79 Å². The highest BCUT2D eigenvalue weighted by molar-refractivity contribution is 7.98. The molecule has 0 fully saturated rings. The van der Waals surface area contributed by atoms with E-state index in [4.69, 9.17) is 4.74 Å². The lowest BCUT2D eigenvalue weighted by molar-refractivity contribution is -0.141. The molecule has 180 valence electrons. The number of carbonyl (C=O) groups is 3. The molecule has 1 aromatic carbocycles. The van der Waals surface area contributed by atoms with Crippen LogP contribution < -0.4 is 10.6 Å². The quantitative estimate of drug-likeness (QED) is 0.540. The number of thioether (sulfide) groups is 1. The van der Waals surface area contributed by atoms with E-state index >= 15 is 0 Å². The molecule has 0 bridgehead atoms. The zero-order valence-electron chi connectivity index (χ0n) is 20.3. The highest BCUT2D eigenvalue weighted by Crippen LogP contribution is 2.24. The number of aromatic hydroxyl groups is 1. The van der Waals surface area contributed by atoms with Crippen molar-refractivity contribution in [2.45, 2.75) is 71.2 Å². The molecule has 2 unspecified atom stereocenters. The van der Waals surface area contributed by atoms with Gasteiger partial charge in [-0.05, 0) is 77.7 Å². The Hall–Kier alpha value is -2.42. The number of phenols is 1. The van der Waals surface area contributed by atoms with Crippen molar-refractivity contribution in [2.24, 2.45) is 0 Å². The number of ether oxygens (including phenoxy) is 1. The molecule has 3 amide bonds. The second kappa shape index (κ2) is 11.4. The number of hydrogen-bond acceptors (Lipinski definition) is 6. The van der Waals surface area contributed by atoms with Gasteiger partial charge in [0.15, 0.2) is 0 Å². The molecule has 1 rings (SSSR count). The van der Waals surface area contributed by atoms with E-state index in [1.807, 2.05) is 27.0 Å². The second-order valence-corrected chi connectivity index (χ2v) is 10.6. The molecule has 0 spiro atoms. The van der Waals surface area contributed by atoms with Crippen LogP contribution in [0.25, 0.3) is 0 Å². The van der Waals surface area contributed by atoms with E-state index in [-0.39, 0.29) is 11.7 Å². The Morgan fingerprint density at radius 3 is 2.12 bits per heavy atom. The van der Waals surface area contributed by atoms with Gasteiger partial charge in [-0.15, -0.1) is 0 Å². The summed E-state index contributed by atoms with van der Waals surface area (Å²) in [5.41, 5.74) is -0.672. The van der Waals surface area contributed by atoms with Crippen LogP contribution in [-0.2, 0) is 14.3 Å². The van der Waals surface area contributed by atoms with Crippen LogP contribution in [0.3, 0.4) is 0 Å². The summed E-state index contributed by atoms with van der Waals surface area (Å²) >= 11 is 1.55. The number of carbonyl (C=O) groups excluding carboxylic acids is 3. The molecule has 0 heterocycles. The Labute approximate surface area is 195 Å². The summed E-state index contributed by atoms with van der Waals surface area (Å²) in [6.45, 7) is 10.8. The Bertz CT molecular complexity index is 784. The SMILES string of the molecule is CSCCC(NC(=O)OC(C)(C)C)C(=O)N(C)C(C(=O)NC(C)(C)C)c1ccc(O)cc1. The van der Waals surface area contributed by atoms with Gasteiger partial charge in [0.2, 0.25) is 11.8 Å². The number of alkyl carbamates (subject to hydrolysis) is 1. The van der Waals surface area contributed by atoms with Gasteiger partial charge in [0, 0.05) is 12.6 Å². The van der Waals surface area contributed by atoms with Crippen molar-refractivity contribution in [1.29, 1.82) is 0 Å². The minimum absolute atomic E-state index is 0.0575. The first kappa shape index (κ1) is 27.6. The summed E-state index contributed by atoms with van der Waals surface area (Å²) in [6.07, 6.45) is 1.60. The van der Waals surface area contributed by atoms with Crippen LogP contribution in [0, 0.1) is 0 Å². The minimum Gasteiger partial charge on any atom is -0.508 e. The van der Waals surface area contributed by atoms with Crippen LogP contribution in [0.2, 0.25) is 0 Å². The van der Waals surface area contributed by atoms with Crippen molar-refractivity contribution in [2.75, 3.05) is 19.1 Å². The van der Waals surface area contributed by atoms with E-state index in [1.165, 1.54) is 24.1 Å². The van der Waals surface area contributed by atoms with Crippen LogP contribution in [0.5, 0.6) is 5.75 Å². The fourth-order valence-electron chi connectivity index (χ4n) is 2.96. The molecule has 0 aliphatic carbocycles. The summed E-state index contributed by atoms with van der Waals surface area (Å²) in [5.74, 6) is -0.0768. The predicted octanol–water partition coefficient (Wildman–Crippen LogP) is 3.45. The standard InChI is InChI=1S/C23H37N3O5S/c1-22(2,3)25-19(28)18(15-9-11-16(27)12-10-15)26(7)20(29)17(13-14-32-8)24-21(30)31-23(4,5)6/h9-12,17-18,27H,13-14H2,1-8H3,(H,24,30)(H,25,28). The highest BCUT2D eigenvalue weighted by atomic mass is 32.2. The Kier molecular flexibility index (Phi) is 9.88. The smallest absolute Gasteiger partial charge is 0.408 e. The largest absolute Gasteiger partial charge is 0.508 e. The van der Waals surface area contributed by atoms with Crippen LogP contribution in [-0.4, -0.2) is 64.2 Å². The maximum atomic E-state index is 13.4. The van der Waals surface area contributed by atoms with Crippen molar-refractivity contribution in [3.05, 3.63) is 29.8 Å². The van der Waals surface area contributed by atoms with Crippen LogP contribution >= 0.6 is 11.8 Å². The van der Waals surface area contributed by atoms with E-state index in [2.05, 4.69) is 10.6 Å². The zero-order chi connectivity index (χ0) is 24.7. The number of nitrogens with zero attached hydrogens (tertiary/aromatic N) is 1. The normalized spacial score (nSPS) is 13.6. The molecule has 2 atom stereocenters. The summed E-state index contributed by atoms with van der Waals surface area (Å²) in [5, 5.41) is 15.2. The van der Waals surface area contributed by atoms with E-state index in [1.54, 1.807) is 44.7 Å². The number of amides is 3. The predicted molar refractivity (Wildman–Crippen MR) is 128 cm³/mol. The molecule has 0 aliphatic rings. The van der Waals surface area contributed by atoms with E-state index in [0.717, 1.165) is 0 Å². The van der Waals surface area contributed by atoms with Crippen molar-refractivity contribution in [3.63, 3.8) is 0 Å². The maximum absolute atomic E-state index is 13.4. The van der Waals surface area contributed by atoms with Gasteiger partial charge in [0.05, 0.1) is 0 Å². The van der Waals surface area contributed by atoms with Crippen molar-refractivity contribution in [1.82, 2.24) is 15.5 Å². The highest BCUT2D eigenvalue weighted by Gasteiger charge is 2.35. The lowest BCUT2D eigenvalue weighted by Gasteiger charge is -2.33. The third kappa shape index (κ3) is 9.38. The molecule has 0 saturated carbocycles. The third-order valence-corrected chi connectivity index (χ3v) is 4.93. The molecule has 0 aromatic heterocycles. The average Bonchev–Trinajstić information content (AvgIpc) is 2.63. The van der Waals surface area contributed by atoms with Gasteiger partial charge in [-0.25, -0.2) is 4.79 Å². The first-order valence-electron chi connectivity index (χ1n) is 10.5. The number of likely N-dealkylation sites (N-methyl/N-ethyl adjacent to an activating group) is 1. The molecule has 0 radical (unpaired) electrons. The number of phenolic OH excluding ortho intramolecular Hbond substituents is 1. The van der Waals surface area contributed by atoms with Gasteiger partial charge in [0.1, 0.15) is 23.4 Å². The molecular weight excluding hydrogens is 430 g/mol. The molecule has 3 N–H and O–H groups in total. The monoisotopic (exact) mass is 467 g/mol.